The molecule has 1 aliphatic rings. The second-order valence-electron chi connectivity index (χ2n) is 3.94. The molecule has 1 amide bonds. The first kappa shape index (κ1) is 13.2. The van der Waals surface area contributed by atoms with Crippen molar-refractivity contribution in [2.24, 2.45) is 0 Å². The van der Waals surface area contributed by atoms with Crippen LogP contribution in [0, 0.1) is 0 Å². The third-order valence-electron chi connectivity index (χ3n) is 2.55. The number of carbonyl (C=O) groups excluding carboxylic acids is 1. The molecule has 0 aromatic carbocycles. The zero-order chi connectivity index (χ0) is 12.0. The number of aliphatic carboxylic acids is 1. The fourth-order valence-electron chi connectivity index (χ4n) is 1.64. The summed E-state index contributed by atoms with van der Waals surface area (Å²) in [5.41, 5.74) is 0. The monoisotopic (exact) mass is 247 g/mol. The Bertz CT molecular complexity index is 283. The van der Waals surface area contributed by atoms with Gasteiger partial charge < -0.3 is 10.4 Å². The van der Waals surface area contributed by atoms with Crippen molar-refractivity contribution in [1.29, 1.82) is 0 Å². The lowest BCUT2D eigenvalue weighted by molar-refractivity contribution is -0.137. The Morgan fingerprint density at radius 2 is 1.88 bits per heavy atom. The van der Waals surface area contributed by atoms with Gasteiger partial charge in [-0.15, -0.1) is 0 Å². The molecule has 6 heteroatoms. The van der Waals surface area contributed by atoms with Crippen molar-refractivity contribution < 1.29 is 18.9 Å². The van der Waals surface area contributed by atoms with Crippen molar-refractivity contribution in [3.05, 3.63) is 0 Å². The highest BCUT2D eigenvalue weighted by atomic mass is 32.2. The molecule has 1 aliphatic heterocycles. The fourth-order valence-corrected chi connectivity index (χ4v) is 2.94. The molecule has 0 saturated carbocycles. The molecule has 0 unspecified atom stereocenters. The Morgan fingerprint density at radius 3 is 2.44 bits per heavy atom. The quantitative estimate of drug-likeness (QED) is 0.730. The Hall–Kier alpha value is -0.910. The molecule has 0 aromatic heterocycles. The Balaban J connectivity index is 2.14. The van der Waals surface area contributed by atoms with E-state index in [1.54, 1.807) is 0 Å². The molecule has 0 atom stereocenters. The first-order chi connectivity index (χ1) is 7.58. The average molecular weight is 247 g/mol. The number of hydrogen-bond acceptors (Lipinski definition) is 3. The lowest BCUT2D eigenvalue weighted by Crippen LogP contribution is -2.39. The van der Waals surface area contributed by atoms with E-state index in [4.69, 9.17) is 5.11 Å². The topological polar surface area (TPSA) is 83.5 Å². The molecule has 1 fully saturated rings. The van der Waals surface area contributed by atoms with Crippen LogP contribution in [0.5, 0.6) is 0 Å². The van der Waals surface area contributed by atoms with E-state index in [1.807, 2.05) is 0 Å². The summed E-state index contributed by atoms with van der Waals surface area (Å²) in [6.07, 6.45) is 2.18. The minimum Gasteiger partial charge on any atom is -0.481 e. The maximum atomic E-state index is 11.4. The largest absolute Gasteiger partial charge is 0.481 e. The van der Waals surface area contributed by atoms with Gasteiger partial charge >= 0.3 is 5.97 Å². The van der Waals surface area contributed by atoms with Crippen LogP contribution in [0.1, 0.15) is 32.1 Å². The lowest BCUT2D eigenvalue weighted by Gasteiger charge is -2.22. The summed E-state index contributed by atoms with van der Waals surface area (Å²) in [6, 6.07) is 0.120. The van der Waals surface area contributed by atoms with Gasteiger partial charge in [0, 0.05) is 41.2 Å². The van der Waals surface area contributed by atoms with Gasteiger partial charge in [-0.05, 0) is 19.3 Å². The summed E-state index contributed by atoms with van der Waals surface area (Å²) < 4.78 is 11.1. The Kier molecular flexibility index (Phi) is 5.45. The van der Waals surface area contributed by atoms with Crippen LogP contribution in [0.25, 0.3) is 0 Å². The van der Waals surface area contributed by atoms with Crippen molar-refractivity contribution in [3.63, 3.8) is 0 Å². The van der Waals surface area contributed by atoms with Crippen molar-refractivity contribution in [2.75, 3.05) is 11.5 Å². The van der Waals surface area contributed by atoms with Crippen LogP contribution in [0.4, 0.5) is 0 Å². The maximum absolute atomic E-state index is 11.4. The second kappa shape index (κ2) is 6.62. The molecule has 5 nitrogen and oxygen atoms in total. The van der Waals surface area contributed by atoms with Crippen molar-refractivity contribution >= 4 is 22.7 Å². The molecule has 0 spiro atoms. The standard InChI is InChI=1S/C10H17NO4S/c12-9(2-1-3-10(13)14)11-8-4-6-16(15)7-5-8/h8H,1-7H2,(H,11,12)(H,13,14). The van der Waals surface area contributed by atoms with Crippen LogP contribution < -0.4 is 5.32 Å². The van der Waals surface area contributed by atoms with Crippen molar-refractivity contribution in [2.45, 2.75) is 38.1 Å². The second-order valence-corrected chi connectivity index (χ2v) is 5.63. The molecule has 0 bridgehead atoms. The van der Waals surface area contributed by atoms with Gasteiger partial charge in [-0.3, -0.25) is 13.8 Å². The Labute approximate surface area is 97.1 Å². The van der Waals surface area contributed by atoms with Gasteiger partial charge in [0.05, 0.1) is 0 Å². The predicted molar refractivity (Wildman–Crippen MR) is 60.5 cm³/mol. The van der Waals surface area contributed by atoms with Crippen LogP contribution in [0.15, 0.2) is 0 Å². The van der Waals surface area contributed by atoms with E-state index < -0.39 is 16.8 Å². The van der Waals surface area contributed by atoms with Crippen LogP contribution in [-0.2, 0) is 20.4 Å². The van der Waals surface area contributed by atoms with Crippen LogP contribution in [0.2, 0.25) is 0 Å². The van der Waals surface area contributed by atoms with Crippen LogP contribution in [0.3, 0.4) is 0 Å². The lowest BCUT2D eigenvalue weighted by atomic mass is 10.1. The predicted octanol–water partition coefficient (Wildman–Crippen LogP) is 0.269. The average Bonchev–Trinajstić information content (AvgIpc) is 2.21. The van der Waals surface area contributed by atoms with E-state index in [-0.39, 0.29) is 24.8 Å². The maximum Gasteiger partial charge on any atom is 0.303 e. The van der Waals surface area contributed by atoms with Gasteiger partial charge in [-0.2, -0.15) is 0 Å². The summed E-state index contributed by atoms with van der Waals surface area (Å²) in [7, 11) is -0.716. The fraction of sp³-hybridized carbons (Fsp3) is 0.800. The number of carboxylic acid groups (broad SMARTS) is 1. The molecule has 1 rings (SSSR count). The summed E-state index contributed by atoms with van der Waals surface area (Å²) in [6.45, 7) is 0. The molecule has 1 heterocycles. The zero-order valence-corrected chi connectivity index (χ0v) is 9.92. The highest BCUT2D eigenvalue weighted by molar-refractivity contribution is 7.85. The number of rotatable bonds is 5. The Morgan fingerprint density at radius 1 is 1.25 bits per heavy atom. The van der Waals surface area contributed by atoms with Crippen LogP contribution >= 0.6 is 0 Å². The summed E-state index contributed by atoms with van der Waals surface area (Å²) >= 11 is 0. The van der Waals surface area contributed by atoms with E-state index in [1.165, 1.54) is 0 Å². The van der Waals surface area contributed by atoms with Gasteiger partial charge in [0.15, 0.2) is 0 Å². The van der Waals surface area contributed by atoms with Gasteiger partial charge in [0.1, 0.15) is 0 Å². The molecular formula is C10H17NO4S. The molecule has 0 aliphatic carbocycles. The smallest absolute Gasteiger partial charge is 0.303 e. The van der Waals surface area contributed by atoms with E-state index in [2.05, 4.69) is 5.32 Å². The molecule has 0 aromatic rings. The minimum absolute atomic E-state index is 0.0299. The van der Waals surface area contributed by atoms with E-state index in [0.29, 0.717) is 17.9 Å². The van der Waals surface area contributed by atoms with E-state index in [9.17, 15) is 13.8 Å². The molecule has 92 valence electrons. The number of amides is 1. The molecule has 1 saturated heterocycles. The summed E-state index contributed by atoms with van der Waals surface area (Å²) in [5, 5.41) is 11.3. The van der Waals surface area contributed by atoms with Crippen molar-refractivity contribution in [3.8, 4) is 0 Å². The first-order valence-corrected chi connectivity index (χ1v) is 6.93. The molecule has 16 heavy (non-hydrogen) atoms. The highest BCUT2D eigenvalue weighted by Crippen LogP contribution is 2.09. The van der Waals surface area contributed by atoms with Gasteiger partial charge in [0.25, 0.3) is 0 Å². The zero-order valence-electron chi connectivity index (χ0n) is 9.11. The number of carboxylic acids is 1. The number of carbonyl (C=O) groups is 2. The van der Waals surface area contributed by atoms with Crippen LogP contribution in [-0.4, -0.2) is 38.7 Å². The summed E-state index contributed by atoms with van der Waals surface area (Å²) in [4.78, 5) is 21.6. The van der Waals surface area contributed by atoms with Gasteiger partial charge in [0.2, 0.25) is 5.91 Å². The summed E-state index contributed by atoms with van der Waals surface area (Å²) in [5.74, 6) is 0.333. The minimum atomic E-state index is -0.874. The number of hydrogen-bond donors (Lipinski definition) is 2. The van der Waals surface area contributed by atoms with E-state index >= 15 is 0 Å². The highest BCUT2D eigenvalue weighted by Gasteiger charge is 2.19. The number of nitrogens with one attached hydrogen (secondary N) is 1. The molecular weight excluding hydrogens is 230 g/mol. The molecule has 0 radical (unpaired) electrons. The normalized spacial score (nSPS) is 25.0. The van der Waals surface area contributed by atoms with Crippen molar-refractivity contribution in [1.82, 2.24) is 5.32 Å². The van der Waals surface area contributed by atoms with Gasteiger partial charge in [-0.1, -0.05) is 0 Å². The first-order valence-electron chi connectivity index (χ1n) is 5.44. The molecule has 2 N–H and O–H groups in total. The van der Waals surface area contributed by atoms with Gasteiger partial charge in [-0.25, -0.2) is 0 Å². The third-order valence-corrected chi connectivity index (χ3v) is 3.93. The third kappa shape index (κ3) is 5.25. The SMILES string of the molecule is O=C(O)CCCC(=O)NC1CCS(=O)CC1. The van der Waals surface area contributed by atoms with E-state index in [0.717, 1.165) is 12.8 Å².